The van der Waals surface area contributed by atoms with E-state index in [-0.39, 0.29) is 12.3 Å². The van der Waals surface area contributed by atoms with Gasteiger partial charge < -0.3 is 4.74 Å². The normalized spacial score (nSPS) is 22.8. The third kappa shape index (κ3) is 3.64. The molecule has 0 amide bonds. The molecule has 0 saturated carbocycles. The number of rotatable bonds is 4. The number of hydrogen-bond donors (Lipinski definition) is 4. The van der Waals surface area contributed by atoms with Crippen molar-refractivity contribution in [2.45, 2.75) is 18.8 Å². The van der Waals surface area contributed by atoms with Crippen molar-refractivity contribution >= 4 is 0 Å². The lowest BCUT2D eigenvalue weighted by molar-refractivity contribution is -0.0329. The van der Waals surface area contributed by atoms with E-state index in [0.29, 0.717) is 0 Å². The van der Waals surface area contributed by atoms with E-state index in [1.807, 2.05) is 6.07 Å². The second kappa shape index (κ2) is 7.40. The summed E-state index contributed by atoms with van der Waals surface area (Å²) < 4.78 is 5.95. The Bertz CT molecular complexity index is 642. The van der Waals surface area contributed by atoms with Gasteiger partial charge in [-0.1, -0.05) is 54.6 Å². The highest BCUT2D eigenvalue weighted by Crippen LogP contribution is 2.23. The zero-order valence-corrected chi connectivity index (χ0v) is 13.5. The van der Waals surface area contributed by atoms with Crippen LogP contribution in [0.15, 0.2) is 54.6 Å². The molecule has 2 aromatic carbocycles. The van der Waals surface area contributed by atoms with Crippen LogP contribution in [-0.2, 0) is 11.3 Å². The van der Waals surface area contributed by atoms with E-state index in [1.165, 1.54) is 16.7 Å². The maximum Gasteiger partial charge on any atom is 0.111 e. The zero-order valence-electron chi connectivity index (χ0n) is 13.5. The Hall–Kier alpha value is -1.80. The molecule has 0 aliphatic carbocycles. The summed E-state index contributed by atoms with van der Waals surface area (Å²) in [7, 11) is 0. The lowest BCUT2D eigenvalue weighted by atomic mass is 10.1. The van der Waals surface area contributed by atoms with Gasteiger partial charge in [-0.3, -0.25) is 4.90 Å². The smallest absolute Gasteiger partial charge is 0.111 e. The van der Waals surface area contributed by atoms with Crippen LogP contribution in [0.5, 0.6) is 0 Å². The van der Waals surface area contributed by atoms with Gasteiger partial charge in [-0.2, -0.15) is 11.1 Å². The standard InChI is InChI=1S/C18H23N5O/c1-2-4-15(5-3-1)17-13-23(10-11-24-17)12-14-6-8-16(9-7-14)18-19-21-22-20-18/h1-9,17-22H,10-13H2. The average molecular weight is 325 g/mol. The maximum absolute atomic E-state index is 5.95. The molecule has 1 atom stereocenters. The van der Waals surface area contributed by atoms with Crippen molar-refractivity contribution in [3.8, 4) is 0 Å². The average Bonchev–Trinajstić information content (AvgIpc) is 3.18. The number of morpholine rings is 1. The molecule has 2 heterocycles. The van der Waals surface area contributed by atoms with Crippen LogP contribution in [0.25, 0.3) is 0 Å². The Morgan fingerprint density at radius 3 is 2.42 bits per heavy atom. The topological polar surface area (TPSA) is 60.6 Å². The van der Waals surface area contributed by atoms with E-state index in [0.717, 1.165) is 26.2 Å². The molecule has 0 bridgehead atoms. The Labute approximate surface area is 142 Å². The Kier molecular flexibility index (Phi) is 4.84. The molecule has 24 heavy (non-hydrogen) atoms. The van der Waals surface area contributed by atoms with Crippen LogP contribution < -0.4 is 21.9 Å². The van der Waals surface area contributed by atoms with Gasteiger partial charge in [0.25, 0.3) is 0 Å². The summed E-state index contributed by atoms with van der Waals surface area (Å²) in [4.78, 5) is 2.46. The van der Waals surface area contributed by atoms with Crippen molar-refractivity contribution < 1.29 is 4.74 Å². The monoisotopic (exact) mass is 325 g/mol. The van der Waals surface area contributed by atoms with E-state index >= 15 is 0 Å². The molecule has 2 aromatic rings. The van der Waals surface area contributed by atoms with Crippen LogP contribution in [0, 0.1) is 0 Å². The van der Waals surface area contributed by atoms with E-state index in [2.05, 4.69) is 75.4 Å². The minimum atomic E-state index is 0.0879. The summed E-state index contributed by atoms with van der Waals surface area (Å²) in [6, 6.07) is 19.2. The highest BCUT2D eigenvalue weighted by molar-refractivity contribution is 5.25. The lowest BCUT2D eigenvalue weighted by Gasteiger charge is -2.33. The van der Waals surface area contributed by atoms with E-state index in [9.17, 15) is 0 Å². The molecule has 6 heteroatoms. The predicted octanol–water partition coefficient (Wildman–Crippen LogP) is 1.38. The van der Waals surface area contributed by atoms with Crippen molar-refractivity contribution in [2.75, 3.05) is 19.7 Å². The first-order valence-electron chi connectivity index (χ1n) is 8.37. The summed E-state index contributed by atoms with van der Waals surface area (Å²) in [5.74, 6) is 0. The van der Waals surface area contributed by atoms with Crippen LogP contribution in [0.2, 0.25) is 0 Å². The fraction of sp³-hybridized carbons (Fsp3) is 0.333. The molecule has 2 fully saturated rings. The molecule has 1 unspecified atom stereocenters. The highest BCUT2D eigenvalue weighted by atomic mass is 16.5. The van der Waals surface area contributed by atoms with Gasteiger partial charge in [-0.05, 0) is 16.7 Å². The van der Waals surface area contributed by atoms with Crippen molar-refractivity contribution in [2.24, 2.45) is 0 Å². The van der Waals surface area contributed by atoms with Crippen molar-refractivity contribution in [1.29, 1.82) is 0 Å². The predicted molar refractivity (Wildman–Crippen MR) is 92.1 cm³/mol. The van der Waals surface area contributed by atoms with Gasteiger partial charge in [-0.25, -0.2) is 10.9 Å². The van der Waals surface area contributed by atoms with Crippen molar-refractivity contribution in [3.05, 3.63) is 71.3 Å². The SMILES string of the molecule is c1ccc(C2CN(Cc3ccc(C4NNNN4)cc3)CCO2)cc1. The number of ether oxygens (including phenoxy) is 1. The number of nitrogens with zero attached hydrogens (tertiary/aromatic N) is 1. The summed E-state index contributed by atoms with van der Waals surface area (Å²) in [6.07, 6.45) is 0.258. The molecule has 2 aliphatic rings. The highest BCUT2D eigenvalue weighted by Gasteiger charge is 2.22. The summed E-state index contributed by atoms with van der Waals surface area (Å²) in [5.41, 5.74) is 15.7. The first kappa shape index (κ1) is 15.7. The lowest BCUT2D eigenvalue weighted by Crippen LogP contribution is -2.37. The molecule has 0 spiro atoms. The van der Waals surface area contributed by atoms with Crippen molar-refractivity contribution in [3.63, 3.8) is 0 Å². The van der Waals surface area contributed by atoms with E-state index < -0.39 is 0 Å². The minimum Gasteiger partial charge on any atom is -0.371 e. The number of nitrogens with one attached hydrogen (secondary N) is 4. The van der Waals surface area contributed by atoms with Crippen LogP contribution >= 0.6 is 0 Å². The molecular weight excluding hydrogens is 302 g/mol. The zero-order chi connectivity index (χ0) is 16.2. The van der Waals surface area contributed by atoms with Crippen LogP contribution in [-0.4, -0.2) is 24.6 Å². The summed E-state index contributed by atoms with van der Waals surface area (Å²) in [6.45, 7) is 3.65. The largest absolute Gasteiger partial charge is 0.371 e. The Morgan fingerprint density at radius 1 is 0.917 bits per heavy atom. The third-order valence-electron chi connectivity index (χ3n) is 4.54. The quantitative estimate of drug-likeness (QED) is 0.681. The third-order valence-corrected chi connectivity index (χ3v) is 4.54. The van der Waals surface area contributed by atoms with Gasteiger partial charge >= 0.3 is 0 Å². The fourth-order valence-corrected chi connectivity index (χ4v) is 3.21. The van der Waals surface area contributed by atoms with Crippen LogP contribution in [0.1, 0.15) is 29.0 Å². The van der Waals surface area contributed by atoms with Crippen LogP contribution in [0.3, 0.4) is 0 Å². The summed E-state index contributed by atoms with van der Waals surface area (Å²) in [5, 5.41) is 0. The first-order valence-corrected chi connectivity index (χ1v) is 8.37. The summed E-state index contributed by atoms with van der Waals surface area (Å²) >= 11 is 0. The molecule has 0 aromatic heterocycles. The van der Waals surface area contributed by atoms with E-state index in [4.69, 9.17) is 4.74 Å². The Balaban J connectivity index is 1.37. The number of hydrogen-bond acceptors (Lipinski definition) is 6. The molecule has 6 nitrogen and oxygen atoms in total. The molecular formula is C18H23N5O. The van der Waals surface area contributed by atoms with E-state index in [1.54, 1.807) is 0 Å². The second-order valence-electron chi connectivity index (χ2n) is 6.22. The van der Waals surface area contributed by atoms with Crippen LogP contribution in [0.4, 0.5) is 0 Å². The van der Waals surface area contributed by atoms with Crippen molar-refractivity contribution in [1.82, 2.24) is 26.8 Å². The van der Waals surface area contributed by atoms with Gasteiger partial charge in [0.05, 0.1) is 12.7 Å². The van der Waals surface area contributed by atoms with Gasteiger partial charge in [0, 0.05) is 19.6 Å². The second-order valence-corrected chi connectivity index (χ2v) is 6.22. The molecule has 2 saturated heterocycles. The van der Waals surface area contributed by atoms with Gasteiger partial charge in [0.15, 0.2) is 0 Å². The minimum absolute atomic E-state index is 0.0879. The molecule has 0 radical (unpaired) electrons. The molecule has 4 N–H and O–H groups in total. The van der Waals surface area contributed by atoms with Gasteiger partial charge in [0.1, 0.15) is 6.17 Å². The molecule has 2 aliphatic heterocycles. The molecule has 4 rings (SSSR count). The first-order chi connectivity index (χ1) is 11.9. The number of benzene rings is 2. The van der Waals surface area contributed by atoms with Gasteiger partial charge in [-0.15, -0.1) is 0 Å². The Morgan fingerprint density at radius 2 is 1.67 bits per heavy atom. The van der Waals surface area contributed by atoms with Gasteiger partial charge in [0.2, 0.25) is 0 Å². The fourth-order valence-electron chi connectivity index (χ4n) is 3.21. The number of hydrazine groups is 3. The molecule has 126 valence electrons. The maximum atomic E-state index is 5.95.